The average molecular weight is 465 g/mol. The Bertz CT molecular complexity index is 771. The van der Waals surface area contributed by atoms with Gasteiger partial charge in [0.25, 0.3) is 0 Å². The molecule has 1 saturated heterocycles. The molecular formula is C24H40N2O5Si. The van der Waals surface area contributed by atoms with Crippen LogP contribution in [0.4, 0.5) is 9.59 Å². The first kappa shape index (κ1) is 26.2. The Morgan fingerprint density at radius 2 is 1.72 bits per heavy atom. The lowest BCUT2D eigenvalue weighted by molar-refractivity contribution is 0.0209. The second-order valence-corrected chi connectivity index (χ2v) is 15.7. The number of benzene rings is 1. The average Bonchev–Trinajstić information content (AvgIpc) is 3.05. The number of amides is 2. The summed E-state index contributed by atoms with van der Waals surface area (Å²) in [5.41, 5.74) is 0.323. The molecule has 0 aromatic heterocycles. The molecule has 1 aromatic rings. The van der Waals surface area contributed by atoms with E-state index in [1.165, 1.54) is 0 Å². The van der Waals surface area contributed by atoms with Crippen molar-refractivity contribution in [2.24, 2.45) is 0 Å². The number of likely N-dealkylation sites (tertiary alicyclic amines) is 1. The predicted molar refractivity (Wildman–Crippen MR) is 128 cm³/mol. The molecule has 0 saturated carbocycles. The van der Waals surface area contributed by atoms with Gasteiger partial charge in [-0.2, -0.15) is 0 Å². The topological polar surface area (TPSA) is 77.1 Å². The summed E-state index contributed by atoms with van der Waals surface area (Å²) in [7, 11) is -2.00. The summed E-state index contributed by atoms with van der Waals surface area (Å²) in [6, 6.07) is 9.29. The van der Waals surface area contributed by atoms with E-state index in [2.05, 4.69) is 39.2 Å². The lowest BCUT2D eigenvalue weighted by Gasteiger charge is -2.38. The number of carbonyl (C=O) groups excluding carboxylic acids is 2. The fourth-order valence-corrected chi connectivity index (χ4v) is 4.62. The van der Waals surface area contributed by atoms with E-state index < -0.39 is 20.0 Å². The van der Waals surface area contributed by atoms with Crippen molar-refractivity contribution in [1.29, 1.82) is 0 Å². The van der Waals surface area contributed by atoms with E-state index in [4.69, 9.17) is 13.9 Å². The van der Waals surface area contributed by atoms with Gasteiger partial charge in [0.15, 0.2) is 8.32 Å². The van der Waals surface area contributed by atoms with Gasteiger partial charge < -0.3 is 24.1 Å². The highest BCUT2D eigenvalue weighted by atomic mass is 28.4. The molecule has 2 rings (SSSR count). The van der Waals surface area contributed by atoms with Crippen LogP contribution < -0.4 is 5.32 Å². The number of alkyl carbamates (subject to hydrolysis) is 1. The summed E-state index contributed by atoms with van der Waals surface area (Å²) < 4.78 is 17.5. The van der Waals surface area contributed by atoms with Crippen molar-refractivity contribution in [3.8, 4) is 0 Å². The largest absolute Gasteiger partial charge is 0.445 e. The van der Waals surface area contributed by atoms with Crippen molar-refractivity contribution in [3.63, 3.8) is 0 Å². The molecule has 1 aliphatic heterocycles. The number of nitrogens with one attached hydrogen (secondary N) is 1. The van der Waals surface area contributed by atoms with Crippen molar-refractivity contribution in [2.75, 3.05) is 13.1 Å². The molecule has 0 spiro atoms. The predicted octanol–water partition coefficient (Wildman–Crippen LogP) is 5.31. The maximum atomic E-state index is 12.9. The normalized spacial score (nSPS) is 19.6. The van der Waals surface area contributed by atoms with Crippen LogP contribution in [0.25, 0.3) is 0 Å². The molecule has 1 aromatic carbocycles. The van der Waals surface area contributed by atoms with Crippen molar-refractivity contribution < 1.29 is 23.5 Å². The van der Waals surface area contributed by atoms with E-state index in [0.717, 1.165) is 5.56 Å². The zero-order chi connectivity index (χ0) is 24.2. The lowest BCUT2D eigenvalue weighted by Crippen LogP contribution is -2.46. The van der Waals surface area contributed by atoms with Gasteiger partial charge in [0.05, 0.1) is 12.1 Å². The Labute approximate surface area is 193 Å². The second kappa shape index (κ2) is 10.3. The minimum Gasteiger partial charge on any atom is -0.445 e. The summed E-state index contributed by atoms with van der Waals surface area (Å²) in [6.07, 6.45) is -0.337. The summed E-state index contributed by atoms with van der Waals surface area (Å²) in [5.74, 6) is 0. The van der Waals surface area contributed by atoms with Crippen LogP contribution in [-0.2, 0) is 20.5 Å². The van der Waals surface area contributed by atoms with Crippen LogP contribution in [0.2, 0.25) is 18.1 Å². The molecule has 0 aliphatic carbocycles. The summed E-state index contributed by atoms with van der Waals surface area (Å²) in [4.78, 5) is 26.8. The van der Waals surface area contributed by atoms with Crippen molar-refractivity contribution >= 4 is 20.5 Å². The third-order valence-electron chi connectivity index (χ3n) is 5.97. The summed E-state index contributed by atoms with van der Waals surface area (Å²) in [5, 5.41) is 2.87. The molecule has 1 fully saturated rings. The Hall–Kier alpha value is -2.06. The minimum absolute atomic E-state index is 0.0708. The Morgan fingerprint density at radius 3 is 2.28 bits per heavy atom. The van der Waals surface area contributed by atoms with Gasteiger partial charge >= 0.3 is 12.2 Å². The number of hydrogen-bond donors (Lipinski definition) is 1. The lowest BCUT2D eigenvalue weighted by atomic mass is 10.2. The van der Waals surface area contributed by atoms with E-state index in [1.54, 1.807) is 4.90 Å². The van der Waals surface area contributed by atoms with Crippen molar-refractivity contribution in [2.45, 2.75) is 90.4 Å². The minimum atomic E-state index is -2.00. The van der Waals surface area contributed by atoms with Crippen LogP contribution in [0.15, 0.2) is 30.3 Å². The molecule has 0 bridgehead atoms. The number of rotatable bonds is 6. The highest BCUT2D eigenvalue weighted by molar-refractivity contribution is 6.74. The first-order valence-corrected chi connectivity index (χ1v) is 14.2. The van der Waals surface area contributed by atoms with Crippen LogP contribution >= 0.6 is 0 Å². The molecule has 1 N–H and O–H groups in total. The molecule has 8 heteroatoms. The van der Waals surface area contributed by atoms with E-state index in [-0.39, 0.29) is 36.4 Å². The van der Waals surface area contributed by atoms with Crippen LogP contribution in [0.5, 0.6) is 0 Å². The SMILES string of the molecule is CC(C)(C)OC(=O)N1C[C@H](O[Si](C)(C)C(C)(C)C)C[C@H]1CNC(=O)OCc1ccccc1. The van der Waals surface area contributed by atoms with Gasteiger partial charge in [-0.25, -0.2) is 9.59 Å². The van der Waals surface area contributed by atoms with Crippen LogP contribution in [0, 0.1) is 0 Å². The fourth-order valence-electron chi connectivity index (χ4n) is 3.27. The van der Waals surface area contributed by atoms with Gasteiger partial charge in [0.1, 0.15) is 12.2 Å². The van der Waals surface area contributed by atoms with Gasteiger partial charge in [0.2, 0.25) is 0 Å². The van der Waals surface area contributed by atoms with Gasteiger partial charge in [-0.05, 0) is 50.9 Å². The Morgan fingerprint density at radius 1 is 1.09 bits per heavy atom. The smallest absolute Gasteiger partial charge is 0.410 e. The molecule has 7 nitrogen and oxygen atoms in total. The number of hydrogen-bond acceptors (Lipinski definition) is 5. The highest BCUT2D eigenvalue weighted by Crippen LogP contribution is 2.39. The quantitative estimate of drug-likeness (QED) is 0.577. The number of carbonyl (C=O) groups is 2. The third kappa shape index (κ3) is 7.81. The fraction of sp³-hybridized carbons (Fsp3) is 0.667. The zero-order valence-electron chi connectivity index (χ0n) is 20.9. The van der Waals surface area contributed by atoms with E-state index in [9.17, 15) is 9.59 Å². The second-order valence-electron chi connectivity index (χ2n) is 11.0. The molecule has 1 aliphatic rings. The maximum absolute atomic E-state index is 12.9. The maximum Gasteiger partial charge on any atom is 0.410 e. The summed E-state index contributed by atoms with van der Waals surface area (Å²) >= 11 is 0. The first-order valence-electron chi connectivity index (χ1n) is 11.3. The zero-order valence-corrected chi connectivity index (χ0v) is 21.9. The highest BCUT2D eigenvalue weighted by Gasteiger charge is 2.44. The Balaban J connectivity index is 2.00. The van der Waals surface area contributed by atoms with Gasteiger partial charge in [-0.3, -0.25) is 0 Å². The van der Waals surface area contributed by atoms with E-state index in [1.807, 2.05) is 51.1 Å². The number of ether oxygens (including phenoxy) is 2. The molecular weight excluding hydrogens is 424 g/mol. The van der Waals surface area contributed by atoms with Gasteiger partial charge in [-0.1, -0.05) is 51.1 Å². The standard InChI is InChI=1S/C24H40N2O5Si/c1-23(2,3)30-22(28)26-16-20(31-32(7,8)24(4,5)6)14-19(26)15-25-21(27)29-17-18-12-10-9-11-13-18/h9-13,19-20H,14-17H2,1-8H3,(H,25,27)/t19-,20+/m0/s1. The molecule has 0 unspecified atom stereocenters. The van der Waals surface area contributed by atoms with E-state index >= 15 is 0 Å². The molecule has 0 radical (unpaired) electrons. The van der Waals surface area contributed by atoms with Crippen LogP contribution in [-0.4, -0.2) is 56.2 Å². The van der Waals surface area contributed by atoms with Crippen LogP contribution in [0.1, 0.15) is 53.5 Å². The van der Waals surface area contributed by atoms with Gasteiger partial charge in [-0.15, -0.1) is 0 Å². The van der Waals surface area contributed by atoms with Crippen molar-refractivity contribution in [3.05, 3.63) is 35.9 Å². The van der Waals surface area contributed by atoms with Crippen LogP contribution in [0.3, 0.4) is 0 Å². The number of nitrogens with zero attached hydrogens (tertiary/aromatic N) is 1. The first-order chi connectivity index (χ1) is 14.7. The van der Waals surface area contributed by atoms with E-state index in [0.29, 0.717) is 13.0 Å². The molecule has 1 heterocycles. The molecule has 2 atom stereocenters. The monoisotopic (exact) mass is 464 g/mol. The molecule has 180 valence electrons. The molecule has 32 heavy (non-hydrogen) atoms. The third-order valence-corrected chi connectivity index (χ3v) is 10.5. The molecule has 2 amide bonds. The Kier molecular flexibility index (Phi) is 8.39. The van der Waals surface area contributed by atoms with Gasteiger partial charge in [0, 0.05) is 13.1 Å². The van der Waals surface area contributed by atoms with Crippen molar-refractivity contribution in [1.82, 2.24) is 10.2 Å². The summed E-state index contributed by atoms with van der Waals surface area (Å²) in [6.45, 7) is 17.5.